The lowest BCUT2D eigenvalue weighted by atomic mass is 9.95. The van der Waals surface area contributed by atoms with Crippen LogP contribution in [0.15, 0.2) is 18.7 Å². The van der Waals surface area contributed by atoms with Gasteiger partial charge in [-0.1, -0.05) is 90.9 Å². The lowest BCUT2D eigenvalue weighted by Gasteiger charge is -2.21. The number of aromatic nitrogens is 2. The molecule has 0 aliphatic carbocycles. The van der Waals surface area contributed by atoms with Gasteiger partial charge in [0.25, 0.3) is 0 Å². The summed E-state index contributed by atoms with van der Waals surface area (Å²) in [6.45, 7) is 6.98. The molecule has 24 heavy (non-hydrogen) atoms. The van der Waals surface area contributed by atoms with E-state index in [1.165, 1.54) is 83.5 Å². The molecule has 0 spiro atoms. The summed E-state index contributed by atoms with van der Waals surface area (Å²) in [6, 6.07) is 0.574. The molecule has 0 N–H and O–H groups in total. The predicted molar refractivity (Wildman–Crippen MR) is 112 cm³/mol. The summed E-state index contributed by atoms with van der Waals surface area (Å²) in [6.07, 6.45) is 24.5. The van der Waals surface area contributed by atoms with E-state index in [2.05, 4.69) is 36.5 Å². The molecule has 3 heteroatoms. The van der Waals surface area contributed by atoms with Crippen LogP contribution in [0.3, 0.4) is 0 Å². The van der Waals surface area contributed by atoms with Gasteiger partial charge in [0.2, 0.25) is 0 Å². The highest BCUT2D eigenvalue weighted by Crippen LogP contribution is 2.23. The van der Waals surface area contributed by atoms with Gasteiger partial charge in [-0.05, 0) is 19.3 Å². The van der Waals surface area contributed by atoms with Crippen LogP contribution in [0.4, 0.5) is 0 Å². The minimum atomic E-state index is 0. The van der Waals surface area contributed by atoms with E-state index in [1.807, 2.05) is 12.5 Å². The molecule has 0 fully saturated rings. The third kappa shape index (κ3) is 11.3. The average molecular weight is 401 g/mol. The number of hydrogen-bond acceptors (Lipinski definition) is 1. The SMILES string of the molecule is Br.CCCCCCCCCCCCCCC(C)C(C)n1ccnc1. The second-order valence-corrected chi connectivity index (χ2v) is 7.41. The minimum absolute atomic E-state index is 0. The van der Waals surface area contributed by atoms with Gasteiger partial charge in [-0.15, -0.1) is 17.0 Å². The van der Waals surface area contributed by atoms with Crippen molar-refractivity contribution in [2.75, 3.05) is 0 Å². The number of rotatable bonds is 15. The molecule has 142 valence electrons. The lowest BCUT2D eigenvalue weighted by molar-refractivity contribution is 0.345. The quantitative estimate of drug-likeness (QED) is 0.275. The van der Waals surface area contributed by atoms with Crippen molar-refractivity contribution in [1.29, 1.82) is 0 Å². The van der Waals surface area contributed by atoms with Gasteiger partial charge in [-0.25, -0.2) is 4.98 Å². The fourth-order valence-corrected chi connectivity index (χ4v) is 3.35. The summed E-state index contributed by atoms with van der Waals surface area (Å²) in [4.78, 5) is 4.15. The van der Waals surface area contributed by atoms with Crippen LogP contribution in [0.25, 0.3) is 0 Å². The Hall–Kier alpha value is -0.310. The van der Waals surface area contributed by atoms with Crippen molar-refractivity contribution < 1.29 is 0 Å². The Balaban J connectivity index is 0.00000529. The van der Waals surface area contributed by atoms with Crippen LogP contribution < -0.4 is 0 Å². The molecule has 0 aliphatic rings. The third-order valence-electron chi connectivity index (χ3n) is 5.33. The smallest absolute Gasteiger partial charge is 0.0948 e. The minimum Gasteiger partial charge on any atom is -0.334 e. The number of hydrogen-bond donors (Lipinski definition) is 0. The highest BCUT2D eigenvalue weighted by atomic mass is 79.9. The van der Waals surface area contributed by atoms with Gasteiger partial charge < -0.3 is 4.57 Å². The first-order chi connectivity index (χ1) is 11.3. The first-order valence-corrected chi connectivity index (χ1v) is 10.2. The number of imidazole rings is 1. The van der Waals surface area contributed by atoms with E-state index in [0.29, 0.717) is 6.04 Å². The molecule has 1 rings (SSSR count). The first kappa shape index (κ1) is 23.7. The molecule has 0 aliphatic heterocycles. The maximum atomic E-state index is 4.15. The second-order valence-electron chi connectivity index (χ2n) is 7.41. The van der Waals surface area contributed by atoms with Crippen molar-refractivity contribution in [3.8, 4) is 0 Å². The summed E-state index contributed by atoms with van der Waals surface area (Å²) < 4.78 is 2.24. The molecule has 1 aromatic heterocycles. The Morgan fingerprint density at radius 1 is 0.792 bits per heavy atom. The van der Waals surface area contributed by atoms with Crippen LogP contribution >= 0.6 is 17.0 Å². The molecule has 0 bridgehead atoms. The second kappa shape index (κ2) is 16.2. The molecular formula is C21H41BrN2. The van der Waals surface area contributed by atoms with Gasteiger partial charge in [0.05, 0.1) is 6.33 Å². The molecule has 2 nitrogen and oxygen atoms in total. The van der Waals surface area contributed by atoms with Gasteiger partial charge in [-0.2, -0.15) is 0 Å². The van der Waals surface area contributed by atoms with Crippen LogP contribution in [0.1, 0.15) is 110 Å². The Bertz CT molecular complexity index is 351. The Morgan fingerprint density at radius 2 is 1.29 bits per heavy atom. The van der Waals surface area contributed by atoms with E-state index in [4.69, 9.17) is 0 Å². The highest BCUT2D eigenvalue weighted by molar-refractivity contribution is 8.93. The van der Waals surface area contributed by atoms with Gasteiger partial charge in [0.1, 0.15) is 0 Å². The average Bonchev–Trinajstić information content (AvgIpc) is 3.09. The van der Waals surface area contributed by atoms with Crippen molar-refractivity contribution in [1.82, 2.24) is 9.55 Å². The maximum absolute atomic E-state index is 4.15. The van der Waals surface area contributed by atoms with Crippen molar-refractivity contribution in [2.45, 2.75) is 110 Å². The number of nitrogens with zero attached hydrogens (tertiary/aromatic N) is 2. The fourth-order valence-electron chi connectivity index (χ4n) is 3.35. The zero-order valence-electron chi connectivity index (χ0n) is 16.4. The van der Waals surface area contributed by atoms with Crippen molar-refractivity contribution in [3.05, 3.63) is 18.7 Å². The van der Waals surface area contributed by atoms with E-state index in [9.17, 15) is 0 Å². The van der Waals surface area contributed by atoms with Crippen LogP contribution in [0.5, 0.6) is 0 Å². The third-order valence-corrected chi connectivity index (χ3v) is 5.33. The summed E-state index contributed by atoms with van der Waals surface area (Å²) >= 11 is 0. The molecule has 0 aromatic carbocycles. The summed E-state index contributed by atoms with van der Waals surface area (Å²) in [5.74, 6) is 0.743. The van der Waals surface area contributed by atoms with E-state index >= 15 is 0 Å². The summed E-state index contributed by atoms with van der Waals surface area (Å²) in [5, 5.41) is 0. The van der Waals surface area contributed by atoms with Crippen LogP contribution in [0.2, 0.25) is 0 Å². The molecular weight excluding hydrogens is 360 g/mol. The Kier molecular flexibility index (Phi) is 16.0. The zero-order valence-corrected chi connectivity index (χ0v) is 18.1. The van der Waals surface area contributed by atoms with Crippen molar-refractivity contribution >= 4 is 17.0 Å². The Morgan fingerprint density at radius 3 is 1.75 bits per heavy atom. The largest absolute Gasteiger partial charge is 0.334 e. The first-order valence-electron chi connectivity index (χ1n) is 10.2. The molecule has 0 saturated heterocycles. The fraction of sp³-hybridized carbons (Fsp3) is 0.857. The monoisotopic (exact) mass is 400 g/mol. The van der Waals surface area contributed by atoms with E-state index in [0.717, 1.165) is 5.92 Å². The highest BCUT2D eigenvalue weighted by Gasteiger charge is 2.12. The van der Waals surface area contributed by atoms with Crippen molar-refractivity contribution in [2.24, 2.45) is 5.92 Å². The van der Waals surface area contributed by atoms with E-state index in [-0.39, 0.29) is 17.0 Å². The molecule has 2 atom stereocenters. The van der Waals surface area contributed by atoms with Gasteiger partial charge in [0.15, 0.2) is 0 Å². The van der Waals surface area contributed by atoms with Crippen LogP contribution in [-0.2, 0) is 0 Å². The standard InChI is InChI=1S/C21H40N2.BrH/c1-4-5-6-7-8-9-10-11-12-13-14-15-16-20(2)21(3)23-18-17-22-19-23;/h17-21H,4-16H2,1-3H3;1H. The van der Waals surface area contributed by atoms with Gasteiger partial charge in [-0.3, -0.25) is 0 Å². The molecule has 1 aromatic rings. The summed E-state index contributed by atoms with van der Waals surface area (Å²) in [7, 11) is 0. The molecule has 1 heterocycles. The normalized spacial score (nSPS) is 13.5. The van der Waals surface area contributed by atoms with E-state index in [1.54, 1.807) is 0 Å². The molecule has 0 radical (unpaired) electrons. The lowest BCUT2D eigenvalue weighted by Crippen LogP contribution is -2.12. The van der Waals surface area contributed by atoms with Crippen molar-refractivity contribution in [3.63, 3.8) is 0 Å². The maximum Gasteiger partial charge on any atom is 0.0948 e. The van der Waals surface area contributed by atoms with Gasteiger partial charge >= 0.3 is 0 Å². The number of halogens is 1. The Labute approximate surface area is 161 Å². The number of unbranched alkanes of at least 4 members (excludes halogenated alkanes) is 11. The molecule has 2 unspecified atom stereocenters. The van der Waals surface area contributed by atoms with Gasteiger partial charge in [0, 0.05) is 18.4 Å². The van der Waals surface area contributed by atoms with Crippen LogP contribution in [0, 0.1) is 5.92 Å². The topological polar surface area (TPSA) is 17.8 Å². The van der Waals surface area contributed by atoms with E-state index < -0.39 is 0 Å². The van der Waals surface area contributed by atoms with Crippen LogP contribution in [-0.4, -0.2) is 9.55 Å². The molecule has 0 amide bonds. The molecule has 0 saturated carbocycles. The zero-order chi connectivity index (χ0) is 16.8. The summed E-state index contributed by atoms with van der Waals surface area (Å²) in [5.41, 5.74) is 0. The predicted octanol–water partition coefficient (Wildman–Crippen LogP) is 7.75.